The van der Waals surface area contributed by atoms with Gasteiger partial charge in [0.1, 0.15) is 6.10 Å². The zero-order valence-electron chi connectivity index (χ0n) is 12.3. The Kier molecular flexibility index (Phi) is 4.90. The van der Waals surface area contributed by atoms with Crippen LogP contribution in [0.4, 0.5) is 0 Å². The maximum atomic E-state index is 11.7. The minimum Gasteiger partial charge on any atom is -0.476 e. The zero-order chi connectivity index (χ0) is 16.1. The number of carboxylic acid groups (broad SMARTS) is 1. The van der Waals surface area contributed by atoms with Gasteiger partial charge >= 0.3 is 5.97 Å². The lowest BCUT2D eigenvalue weighted by Gasteiger charge is -2.11. The van der Waals surface area contributed by atoms with Gasteiger partial charge in [-0.15, -0.1) is 0 Å². The second-order valence-corrected chi connectivity index (χ2v) is 4.72. The second-order valence-electron chi connectivity index (χ2n) is 4.72. The highest BCUT2D eigenvalue weighted by Crippen LogP contribution is 2.11. The molecular weight excluding hydrogens is 286 g/mol. The number of carboxylic acids is 1. The number of aromatic carboxylic acids is 1. The van der Waals surface area contributed by atoms with E-state index in [9.17, 15) is 9.59 Å². The lowest BCUT2D eigenvalue weighted by atomic mass is 10.2. The summed E-state index contributed by atoms with van der Waals surface area (Å²) in [6.45, 7) is 2.02. The zero-order valence-corrected chi connectivity index (χ0v) is 12.3. The van der Waals surface area contributed by atoms with Gasteiger partial charge in [-0.1, -0.05) is 12.1 Å². The third-order valence-corrected chi connectivity index (χ3v) is 3.17. The molecule has 2 rings (SSSR count). The van der Waals surface area contributed by atoms with Crippen LogP contribution >= 0.6 is 0 Å². The molecule has 2 N–H and O–H groups in total. The van der Waals surface area contributed by atoms with Crippen molar-refractivity contribution in [3.8, 4) is 5.69 Å². The number of rotatable bonds is 6. The van der Waals surface area contributed by atoms with E-state index in [4.69, 9.17) is 9.84 Å². The highest BCUT2D eigenvalue weighted by molar-refractivity contribution is 5.85. The van der Waals surface area contributed by atoms with Crippen LogP contribution in [0, 0.1) is 0 Å². The first kappa shape index (κ1) is 15.7. The topological polar surface area (TPSA) is 93.5 Å². The number of nitrogens with one attached hydrogen (secondary N) is 1. The van der Waals surface area contributed by atoms with Crippen molar-refractivity contribution in [3.05, 3.63) is 47.8 Å². The van der Waals surface area contributed by atoms with Crippen LogP contribution in [0.25, 0.3) is 5.69 Å². The summed E-state index contributed by atoms with van der Waals surface area (Å²) in [6, 6.07) is 8.75. The smallest absolute Gasteiger partial charge is 0.356 e. The lowest BCUT2D eigenvalue weighted by Crippen LogP contribution is -2.33. The molecular formula is C15H17N3O4. The highest BCUT2D eigenvalue weighted by Gasteiger charge is 2.11. The van der Waals surface area contributed by atoms with Gasteiger partial charge in [0.15, 0.2) is 5.69 Å². The predicted molar refractivity (Wildman–Crippen MR) is 78.8 cm³/mol. The van der Waals surface area contributed by atoms with Gasteiger partial charge in [0.05, 0.1) is 5.69 Å². The molecule has 0 radical (unpaired) electrons. The summed E-state index contributed by atoms with van der Waals surface area (Å²) in [5.41, 5.74) is 1.58. The first-order valence-corrected chi connectivity index (χ1v) is 6.70. The molecule has 1 aromatic carbocycles. The molecule has 1 aromatic heterocycles. The number of ether oxygens (including phenoxy) is 1. The van der Waals surface area contributed by atoms with Crippen LogP contribution < -0.4 is 5.32 Å². The van der Waals surface area contributed by atoms with E-state index in [2.05, 4.69) is 10.4 Å². The van der Waals surface area contributed by atoms with Gasteiger partial charge in [-0.25, -0.2) is 9.48 Å². The Hall–Kier alpha value is -2.67. The lowest BCUT2D eigenvalue weighted by molar-refractivity contribution is -0.130. The number of nitrogens with zero attached hydrogens (tertiary/aromatic N) is 2. The number of carbonyl (C=O) groups is 2. The van der Waals surface area contributed by atoms with Crippen molar-refractivity contribution < 1.29 is 19.4 Å². The molecule has 0 bridgehead atoms. The van der Waals surface area contributed by atoms with Crippen molar-refractivity contribution in [2.75, 3.05) is 7.11 Å². The summed E-state index contributed by atoms with van der Waals surface area (Å²) in [5.74, 6) is -1.27. The van der Waals surface area contributed by atoms with Crippen molar-refractivity contribution in [3.63, 3.8) is 0 Å². The van der Waals surface area contributed by atoms with Crippen molar-refractivity contribution in [2.45, 2.75) is 19.6 Å². The van der Waals surface area contributed by atoms with Crippen LogP contribution in [0.2, 0.25) is 0 Å². The van der Waals surface area contributed by atoms with Crippen molar-refractivity contribution in [1.82, 2.24) is 15.1 Å². The summed E-state index contributed by atoms with van der Waals surface area (Å²) in [6.07, 6.45) is 1.07. The van der Waals surface area contributed by atoms with E-state index in [0.717, 1.165) is 11.3 Å². The molecule has 0 saturated carbocycles. The molecule has 0 aliphatic rings. The fourth-order valence-electron chi connectivity index (χ4n) is 1.83. The second kappa shape index (κ2) is 6.86. The van der Waals surface area contributed by atoms with Gasteiger partial charge in [0, 0.05) is 19.9 Å². The molecule has 7 nitrogen and oxygen atoms in total. The van der Waals surface area contributed by atoms with Gasteiger partial charge < -0.3 is 15.2 Å². The van der Waals surface area contributed by atoms with Crippen LogP contribution in [-0.2, 0) is 16.1 Å². The molecule has 116 valence electrons. The number of hydrogen-bond donors (Lipinski definition) is 2. The molecule has 22 heavy (non-hydrogen) atoms. The van der Waals surface area contributed by atoms with Crippen LogP contribution in [0.1, 0.15) is 23.0 Å². The number of benzene rings is 1. The maximum Gasteiger partial charge on any atom is 0.356 e. The van der Waals surface area contributed by atoms with E-state index in [1.165, 1.54) is 17.9 Å². The number of amides is 1. The maximum absolute atomic E-state index is 11.7. The summed E-state index contributed by atoms with van der Waals surface area (Å²) < 4.78 is 6.42. The van der Waals surface area contributed by atoms with E-state index in [0.29, 0.717) is 6.54 Å². The molecule has 0 saturated heterocycles. The molecule has 7 heteroatoms. The fraction of sp³-hybridized carbons (Fsp3) is 0.267. The summed E-state index contributed by atoms with van der Waals surface area (Å²) in [4.78, 5) is 22.5. The van der Waals surface area contributed by atoms with Crippen molar-refractivity contribution >= 4 is 11.9 Å². The first-order chi connectivity index (χ1) is 10.5. The first-order valence-electron chi connectivity index (χ1n) is 6.70. The van der Waals surface area contributed by atoms with Crippen LogP contribution in [0.3, 0.4) is 0 Å². The van der Waals surface area contributed by atoms with Crippen LogP contribution in [0.5, 0.6) is 0 Å². The molecule has 1 unspecified atom stereocenters. The van der Waals surface area contributed by atoms with Crippen molar-refractivity contribution in [2.24, 2.45) is 0 Å². The van der Waals surface area contributed by atoms with Crippen LogP contribution in [0.15, 0.2) is 36.5 Å². The molecule has 0 fully saturated rings. The Morgan fingerprint density at radius 1 is 1.41 bits per heavy atom. The van der Waals surface area contributed by atoms with Gasteiger partial charge in [-0.05, 0) is 30.7 Å². The number of carbonyl (C=O) groups excluding carboxylic acids is 1. The number of methoxy groups -OCH3 is 1. The predicted octanol–water partition coefficient (Wildman–Crippen LogP) is 1.22. The van der Waals surface area contributed by atoms with E-state index in [1.807, 2.05) is 24.3 Å². The SMILES string of the molecule is COC(C)C(=O)NCc1cccc(-n2ccc(C(=O)O)n2)c1. The minimum absolute atomic E-state index is 0.0207. The molecule has 0 aliphatic carbocycles. The van der Waals surface area contributed by atoms with Crippen LogP contribution in [-0.4, -0.2) is 40.0 Å². The quantitative estimate of drug-likeness (QED) is 0.837. The van der Waals surface area contributed by atoms with E-state index in [1.54, 1.807) is 13.1 Å². The van der Waals surface area contributed by atoms with Crippen molar-refractivity contribution in [1.29, 1.82) is 0 Å². The standard InChI is InChI=1S/C15H17N3O4/c1-10(22-2)14(19)16-9-11-4-3-5-12(8-11)18-7-6-13(17-18)15(20)21/h3-8,10H,9H2,1-2H3,(H,16,19)(H,20,21). The Morgan fingerprint density at radius 3 is 2.82 bits per heavy atom. The molecule has 1 atom stereocenters. The molecule has 0 aliphatic heterocycles. The third-order valence-electron chi connectivity index (χ3n) is 3.17. The van der Waals surface area contributed by atoms with E-state index < -0.39 is 12.1 Å². The monoisotopic (exact) mass is 303 g/mol. The molecule has 1 amide bonds. The summed E-state index contributed by atoms with van der Waals surface area (Å²) in [7, 11) is 1.47. The average Bonchev–Trinajstić information content (AvgIpc) is 3.02. The summed E-state index contributed by atoms with van der Waals surface area (Å²) in [5, 5.41) is 15.6. The number of aromatic nitrogens is 2. The molecule has 2 aromatic rings. The van der Waals surface area contributed by atoms with Gasteiger partial charge in [0.25, 0.3) is 0 Å². The third kappa shape index (κ3) is 3.70. The van der Waals surface area contributed by atoms with Gasteiger partial charge in [-0.3, -0.25) is 4.79 Å². The molecule has 1 heterocycles. The van der Waals surface area contributed by atoms with E-state index in [-0.39, 0.29) is 11.6 Å². The minimum atomic E-state index is -1.07. The normalized spacial score (nSPS) is 11.9. The largest absolute Gasteiger partial charge is 0.476 e. The Balaban J connectivity index is 2.09. The Labute approximate surface area is 127 Å². The van der Waals surface area contributed by atoms with Gasteiger partial charge in [-0.2, -0.15) is 5.10 Å². The van der Waals surface area contributed by atoms with E-state index >= 15 is 0 Å². The highest BCUT2D eigenvalue weighted by atomic mass is 16.5. The summed E-state index contributed by atoms with van der Waals surface area (Å²) >= 11 is 0. The molecule has 0 spiro atoms. The van der Waals surface area contributed by atoms with Gasteiger partial charge in [0.2, 0.25) is 5.91 Å². The Morgan fingerprint density at radius 2 is 2.18 bits per heavy atom. The Bertz CT molecular complexity index is 681. The number of hydrogen-bond acceptors (Lipinski definition) is 4. The average molecular weight is 303 g/mol. The fourth-order valence-corrected chi connectivity index (χ4v) is 1.83.